The van der Waals surface area contributed by atoms with Crippen molar-refractivity contribution in [1.82, 2.24) is 10.2 Å². The van der Waals surface area contributed by atoms with Gasteiger partial charge in [-0.15, -0.1) is 19.0 Å². The van der Waals surface area contributed by atoms with Crippen LogP contribution in [-0.2, 0) is 0 Å². The fraction of sp³-hybridized carbons (Fsp3) is 0.0909. The molecule has 2 heterocycles. The molecule has 1 N–H and O–H groups in total. The molecule has 1 aliphatic heterocycles. The number of anilines is 2. The van der Waals surface area contributed by atoms with Crippen LogP contribution in [0.4, 0.5) is 20.3 Å². The lowest BCUT2D eigenvalue weighted by Crippen LogP contribution is -2.25. The van der Waals surface area contributed by atoms with E-state index in [1.165, 1.54) is 12.1 Å². The van der Waals surface area contributed by atoms with Crippen LogP contribution in [0.3, 0.4) is 0 Å². The first kappa shape index (κ1) is 11.9. The lowest BCUT2D eigenvalue weighted by Gasteiger charge is -2.05. The van der Waals surface area contributed by atoms with Crippen LogP contribution in [0.1, 0.15) is 0 Å². The van der Waals surface area contributed by atoms with Gasteiger partial charge in [0, 0.05) is 11.8 Å². The Morgan fingerprint density at radius 2 is 1.84 bits per heavy atom. The van der Waals surface area contributed by atoms with Gasteiger partial charge in [0.1, 0.15) is 0 Å². The Morgan fingerprint density at radius 1 is 1.05 bits per heavy atom. The molecule has 1 aliphatic rings. The van der Waals surface area contributed by atoms with E-state index in [0.29, 0.717) is 11.5 Å². The van der Waals surface area contributed by atoms with Crippen molar-refractivity contribution in [3.05, 3.63) is 35.5 Å². The van der Waals surface area contributed by atoms with Crippen LogP contribution < -0.4 is 14.8 Å². The summed E-state index contributed by atoms with van der Waals surface area (Å²) >= 11 is 5.60. The van der Waals surface area contributed by atoms with Gasteiger partial charge in [-0.3, -0.25) is 0 Å². The molecule has 3 rings (SSSR count). The standard InChI is InChI=1S/C11H6ClF2N3O2/c12-9-3-4-10(17-16-9)15-6-1-2-7-8(5-6)19-11(13,14)18-7/h1-5H,(H,15,17). The first-order chi connectivity index (χ1) is 9.02. The minimum absolute atomic E-state index is 0.0160. The van der Waals surface area contributed by atoms with Gasteiger partial charge in [-0.2, -0.15) is 0 Å². The van der Waals surface area contributed by atoms with E-state index in [9.17, 15) is 8.78 Å². The van der Waals surface area contributed by atoms with Crippen LogP contribution in [0.25, 0.3) is 0 Å². The Morgan fingerprint density at radius 3 is 2.58 bits per heavy atom. The predicted octanol–water partition coefficient (Wildman–Crippen LogP) is 3.20. The molecule has 98 valence electrons. The van der Waals surface area contributed by atoms with E-state index in [1.54, 1.807) is 18.2 Å². The van der Waals surface area contributed by atoms with Crippen molar-refractivity contribution in [3.8, 4) is 11.5 Å². The van der Waals surface area contributed by atoms with Crippen molar-refractivity contribution in [1.29, 1.82) is 0 Å². The summed E-state index contributed by atoms with van der Waals surface area (Å²) in [6.45, 7) is 0. The highest BCUT2D eigenvalue weighted by Gasteiger charge is 2.43. The maximum Gasteiger partial charge on any atom is 0.586 e. The van der Waals surface area contributed by atoms with E-state index in [2.05, 4.69) is 25.0 Å². The average molecular weight is 286 g/mol. The van der Waals surface area contributed by atoms with E-state index >= 15 is 0 Å². The molecule has 5 nitrogen and oxygen atoms in total. The van der Waals surface area contributed by atoms with Gasteiger partial charge in [0.2, 0.25) is 0 Å². The zero-order chi connectivity index (χ0) is 13.5. The number of nitrogens with zero attached hydrogens (tertiary/aromatic N) is 2. The number of fused-ring (bicyclic) bond motifs is 1. The summed E-state index contributed by atoms with van der Waals surface area (Å²) in [7, 11) is 0. The second-order valence-corrected chi connectivity index (χ2v) is 4.08. The van der Waals surface area contributed by atoms with Gasteiger partial charge in [0.05, 0.1) is 0 Å². The fourth-order valence-electron chi connectivity index (χ4n) is 1.56. The molecule has 0 fully saturated rings. The Kier molecular flexibility index (Phi) is 2.63. The third-order valence-corrected chi connectivity index (χ3v) is 2.51. The molecule has 8 heteroatoms. The molecule has 1 aromatic carbocycles. The smallest absolute Gasteiger partial charge is 0.395 e. The number of halogens is 3. The maximum atomic E-state index is 12.8. The van der Waals surface area contributed by atoms with Crippen molar-refractivity contribution in [2.24, 2.45) is 0 Å². The molecule has 0 saturated heterocycles. The number of alkyl halides is 2. The van der Waals surface area contributed by atoms with Crippen LogP contribution in [0, 0.1) is 0 Å². The highest BCUT2D eigenvalue weighted by Crippen LogP contribution is 2.42. The molecule has 0 saturated carbocycles. The number of ether oxygens (including phenoxy) is 2. The minimum Gasteiger partial charge on any atom is -0.395 e. The minimum atomic E-state index is -3.62. The highest BCUT2D eigenvalue weighted by molar-refractivity contribution is 6.29. The molecule has 2 aromatic rings. The first-order valence-corrected chi connectivity index (χ1v) is 5.56. The van der Waals surface area contributed by atoms with Crippen LogP contribution in [0.5, 0.6) is 11.5 Å². The average Bonchev–Trinajstić information content (AvgIpc) is 2.65. The summed E-state index contributed by atoms with van der Waals surface area (Å²) in [6, 6.07) is 7.47. The summed E-state index contributed by atoms with van der Waals surface area (Å²) in [5.74, 6) is 0.365. The van der Waals surface area contributed by atoms with E-state index in [4.69, 9.17) is 11.6 Å². The summed E-state index contributed by atoms with van der Waals surface area (Å²) in [4.78, 5) is 0. The first-order valence-electron chi connectivity index (χ1n) is 5.18. The van der Waals surface area contributed by atoms with Crippen LogP contribution in [0.2, 0.25) is 5.15 Å². The summed E-state index contributed by atoms with van der Waals surface area (Å²) in [5.41, 5.74) is 0.511. The van der Waals surface area contributed by atoms with E-state index in [0.717, 1.165) is 0 Å². The quantitative estimate of drug-likeness (QED) is 0.918. The Bertz CT molecular complexity index is 622. The normalized spacial score (nSPS) is 15.3. The molecule has 0 unspecified atom stereocenters. The van der Waals surface area contributed by atoms with Gasteiger partial charge >= 0.3 is 6.29 Å². The third kappa shape index (κ3) is 2.50. The van der Waals surface area contributed by atoms with E-state index in [1.807, 2.05) is 0 Å². The molecule has 0 spiro atoms. The number of benzene rings is 1. The Hall–Kier alpha value is -2.15. The lowest BCUT2D eigenvalue weighted by atomic mass is 10.3. The summed E-state index contributed by atoms with van der Waals surface area (Å²) in [6.07, 6.45) is -3.62. The predicted molar refractivity (Wildman–Crippen MR) is 63.0 cm³/mol. The molecule has 0 atom stereocenters. The largest absolute Gasteiger partial charge is 0.586 e. The highest BCUT2D eigenvalue weighted by atomic mass is 35.5. The van der Waals surface area contributed by atoms with E-state index in [-0.39, 0.29) is 16.7 Å². The molecule has 0 aliphatic carbocycles. The lowest BCUT2D eigenvalue weighted by molar-refractivity contribution is -0.286. The molecule has 0 radical (unpaired) electrons. The second-order valence-electron chi connectivity index (χ2n) is 3.70. The number of hydrogen-bond acceptors (Lipinski definition) is 5. The van der Waals surface area contributed by atoms with Crippen LogP contribution in [-0.4, -0.2) is 16.5 Å². The third-order valence-electron chi connectivity index (χ3n) is 2.31. The Labute approximate surface area is 111 Å². The van der Waals surface area contributed by atoms with E-state index < -0.39 is 6.29 Å². The number of aromatic nitrogens is 2. The van der Waals surface area contributed by atoms with Gasteiger partial charge < -0.3 is 14.8 Å². The zero-order valence-corrected chi connectivity index (χ0v) is 9.99. The molecular weight excluding hydrogens is 280 g/mol. The van der Waals surface area contributed by atoms with Gasteiger partial charge in [0.25, 0.3) is 0 Å². The van der Waals surface area contributed by atoms with Crippen molar-refractivity contribution >= 4 is 23.1 Å². The zero-order valence-electron chi connectivity index (χ0n) is 9.23. The number of nitrogens with one attached hydrogen (secondary N) is 1. The van der Waals surface area contributed by atoms with Crippen molar-refractivity contribution in [3.63, 3.8) is 0 Å². The Balaban J connectivity index is 1.82. The maximum absolute atomic E-state index is 12.8. The molecular formula is C11H6ClF2N3O2. The van der Waals surface area contributed by atoms with Crippen molar-refractivity contribution < 1.29 is 18.3 Å². The molecule has 0 bridgehead atoms. The summed E-state index contributed by atoms with van der Waals surface area (Å²) < 4.78 is 34.3. The molecule has 0 amide bonds. The molecule has 19 heavy (non-hydrogen) atoms. The van der Waals surface area contributed by atoms with Gasteiger partial charge in [-0.25, -0.2) is 0 Å². The van der Waals surface area contributed by atoms with Crippen molar-refractivity contribution in [2.45, 2.75) is 6.29 Å². The number of hydrogen-bond donors (Lipinski definition) is 1. The van der Waals surface area contributed by atoms with Gasteiger partial charge in [-0.05, 0) is 24.3 Å². The second kappa shape index (κ2) is 4.20. The summed E-state index contributed by atoms with van der Waals surface area (Å²) in [5, 5.41) is 10.6. The molecule has 1 aromatic heterocycles. The topological polar surface area (TPSA) is 56.3 Å². The van der Waals surface area contributed by atoms with Crippen molar-refractivity contribution in [2.75, 3.05) is 5.32 Å². The fourth-order valence-corrected chi connectivity index (χ4v) is 1.66. The number of rotatable bonds is 2. The van der Waals surface area contributed by atoms with Crippen LogP contribution in [0.15, 0.2) is 30.3 Å². The van der Waals surface area contributed by atoms with Gasteiger partial charge in [-0.1, -0.05) is 11.6 Å². The van der Waals surface area contributed by atoms with Gasteiger partial charge in [0.15, 0.2) is 22.5 Å². The SMILES string of the molecule is FC1(F)Oc2ccc(Nc3ccc(Cl)nn3)cc2O1. The monoisotopic (exact) mass is 285 g/mol. The van der Waals surface area contributed by atoms with Crippen LogP contribution >= 0.6 is 11.6 Å².